The normalized spacial score (nSPS) is 12.5. The van der Waals surface area contributed by atoms with E-state index in [-0.39, 0.29) is 25.2 Å². The van der Waals surface area contributed by atoms with Gasteiger partial charge in [-0.3, -0.25) is 0 Å². The van der Waals surface area contributed by atoms with Crippen molar-refractivity contribution >= 4 is 5.69 Å². The lowest BCUT2D eigenvalue weighted by molar-refractivity contribution is -0.138. The van der Waals surface area contributed by atoms with Crippen molar-refractivity contribution in [2.24, 2.45) is 0 Å². The largest absolute Gasteiger partial charge is 0.457 e. The number of halogens is 5. The average molecular weight is 437 g/mol. The second kappa shape index (κ2) is 9.34. The van der Waals surface area contributed by atoms with E-state index in [1.807, 2.05) is 6.07 Å². The van der Waals surface area contributed by atoms with Crippen LogP contribution in [0.2, 0.25) is 0 Å². The van der Waals surface area contributed by atoms with Gasteiger partial charge in [-0.15, -0.1) is 0 Å². The number of hydrogen-bond donors (Lipinski definition) is 1. The quantitative estimate of drug-likeness (QED) is 0.449. The van der Waals surface area contributed by atoms with Gasteiger partial charge in [0.2, 0.25) is 0 Å². The van der Waals surface area contributed by atoms with Gasteiger partial charge in [-0.25, -0.2) is 8.78 Å². The van der Waals surface area contributed by atoms with E-state index in [9.17, 15) is 27.1 Å². The smallest absolute Gasteiger partial charge is 0.416 e. The molecule has 0 bridgehead atoms. The van der Waals surface area contributed by atoms with E-state index < -0.39 is 35.0 Å². The maximum absolute atomic E-state index is 14.4. The maximum atomic E-state index is 14.4. The summed E-state index contributed by atoms with van der Waals surface area (Å²) < 4.78 is 72.9. The van der Waals surface area contributed by atoms with Gasteiger partial charge < -0.3 is 14.7 Å². The number of nitrogens with zero attached hydrogens (tertiary/aromatic N) is 1. The Balaban J connectivity index is 1.90. The summed E-state index contributed by atoms with van der Waals surface area (Å²) in [7, 11) is 0. The molecule has 1 atom stereocenters. The number of aliphatic hydroxyl groups is 1. The Morgan fingerprint density at radius 3 is 2.10 bits per heavy atom. The second-order valence-corrected chi connectivity index (χ2v) is 7.06. The molecule has 0 aromatic heterocycles. The number of hydrogen-bond acceptors (Lipinski definition) is 3. The molecule has 3 nitrogen and oxygen atoms in total. The Bertz CT molecular complexity index is 999. The van der Waals surface area contributed by atoms with Gasteiger partial charge in [0.15, 0.2) is 0 Å². The maximum Gasteiger partial charge on any atom is 0.416 e. The molecule has 0 aliphatic heterocycles. The van der Waals surface area contributed by atoms with E-state index in [0.717, 1.165) is 0 Å². The monoisotopic (exact) mass is 437 g/mol. The topological polar surface area (TPSA) is 32.7 Å². The Kier molecular flexibility index (Phi) is 6.80. The van der Waals surface area contributed by atoms with E-state index in [1.165, 1.54) is 11.8 Å². The second-order valence-electron chi connectivity index (χ2n) is 7.06. The fourth-order valence-corrected chi connectivity index (χ4v) is 3.06. The van der Waals surface area contributed by atoms with Crippen LogP contribution in [0.4, 0.5) is 27.6 Å². The molecule has 0 saturated heterocycles. The fraction of sp³-hybridized carbons (Fsp3) is 0.217. The standard InChI is InChI=1S/C23H20F5NO2/c1-15(30)13-29(14-20-21(24)10-16(11-22(20)25)23(26,27)28)17-6-5-9-19(12-17)31-18-7-3-2-4-8-18/h2-12,15,30H,13-14H2,1H3/t15-/m0/s1. The van der Waals surface area contributed by atoms with E-state index in [0.29, 0.717) is 17.2 Å². The lowest BCUT2D eigenvalue weighted by atomic mass is 10.1. The van der Waals surface area contributed by atoms with Crippen LogP contribution >= 0.6 is 0 Å². The molecule has 1 N–H and O–H groups in total. The molecule has 0 amide bonds. The lowest BCUT2D eigenvalue weighted by Crippen LogP contribution is -2.31. The Hall–Kier alpha value is -3.13. The highest BCUT2D eigenvalue weighted by atomic mass is 19.4. The van der Waals surface area contributed by atoms with Crippen molar-refractivity contribution in [2.45, 2.75) is 25.7 Å². The predicted octanol–water partition coefficient (Wildman–Crippen LogP) is 6.16. The van der Waals surface area contributed by atoms with Crippen LogP contribution in [0.3, 0.4) is 0 Å². The summed E-state index contributed by atoms with van der Waals surface area (Å²) >= 11 is 0. The molecule has 0 unspecified atom stereocenters. The third-order valence-corrected chi connectivity index (χ3v) is 4.46. The summed E-state index contributed by atoms with van der Waals surface area (Å²) in [6.45, 7) is 1.11. The summed E-state index contributed by atoms with van der Waals surface area (Å²) in [4.78, 5) is 1.47. The van der Waals surface area contributed by atoms with Gasteiger partial charge in [0.1, 0.15) is 23.1 Å². The molecular formula is C23H20F5NO2. The molecule has 31 heavy (non-hydrogen) atoms. The summed E-state index contributed by atoms with van der Waals surface area (Å²) in [6.07, 6.45) is -5.72. The third kappa shape index (κ3) is 5.95. The van der Waals surface area contributed by atoms with Gasteiger partial charge >= 0.3 is 6.18 Å². The molecule has 164 valence electrons. The van der Waals surface area contributed by atoms with E-state index in [1.54, 1.807) is 48.5 Å². The molecule has 8 heteroatoms. The van der Waals surface area contributed by atoms with Crippen LogP contribution in [0.1, 0.15) is 18.1 Å². The van der Waals surface area contributed by atoms with E-state index >= 15 is 0 Å². The average Bonchev–Trinajstić information content (AvgIpc) is 2.69. The minimum atomic E-state index is -4.86. The van der Waals surface area contributed by atoms with Gasteiger partial charge in [0.25, 0.3) is 0 Å². The van der Waals surface area contributed by atoms with E-state index in [2.05, 4.69) is 0 Å². The highest BCUT2D eigenvalue weighted by molar-refractivity contribution is 5.52. The van der Waals surface area contributed by atoms with Crippen LogP contribution in [-0.2, 0) is 12.7 Å². The SMILES string of the molecule is C[C@H](O)CN(Cc1c(F)cc(C(F)(F)F)cc1F)c1cccc(Oc2ccccc2)c1. The van der Waals surface area contributed by atoms with Gasteiger partial charge in [-0.1, -0.05) is 24.3 Å². The van der Waals surface area contributed by atoms with Crippen molar-refractivity contribution < 1.29 is 31.8 Å². The zero-order chi connectivity index (χ0) is 22.6. The van der Waals surface area contributed by atoms with Crippen LogP contribution in [-0.4, -0.2) is 17.8 Å². The van der Waals surface area contributed by atoms with Crippen LogP contribution in [0.25, 0.3) is 0 Å². The zero-order valence-electron chi connectivity index (χ0n) is 16.5. The van der Waals surface area contributed by atoms with Crippen LogP contribution in [0.15, 0.2) is 66.7 Å². The van der Waals surface area contributed by atoms with Crippen molar-refractivity contribution in [1.82, 2.24) is 0 Å². The van der Waals surface area contributed by atoms with Crippen molar-refractivity contribution in [3.05, 3.63) is 89.5 Å². The highest BCUT2D eigenvalue weighted by Crippen LogP contribution is 2.33. The van der Waals surface area contributed by atoms with Gasteiger partial charge in [0.05, 0.1) is 11.7 Å². The first-order valence-corrected chi connectivity index (χ1v) is 9.44. The number of rotatable bonds is 7. The number of ether oxygens (including phenoxy) is 1. The molecule has 0 saturated carbocycles. The van der Waals surface area contributed by atoms with E-state index in [4.69, 9.17) is 4.74 Å². The van der Waals surface area contributed by atoms with Gasteiger partial charge in [-0.05, 0) is 43.3 Å². The first kappa shape index (κ1) is 22.6. The first-order chi connectivity index (χ1) is 14.6. The Labute approximate surface area is 176 Å². The number of anilines is 1. The molecule has 0 spiro atoms. The van der Waals surface area contributed by atoms with Gasteiger partial charge in [0, 0.05) is 30.4 Å². The molecule has 3 aromatic rings. The molecule has 0 heterocycles. The van der Waals surface area contributed by atoms with Crippen molar-refractivity contribution in [2.75, 3.05) is 11.4 Å². The molecule has 3 aromatic carbocycles. The fourth-order valence-electron chi connectivity index (χ4n) is 3.06. The van der Waals surface area contributed by atoms with Crippen molar-refractivity contribution in [3.8, 4) is 11.5 Å². The lowest BCUT2D eigenvalue weighted by Gasteiger charge is -2.27. The summed E-state index contributed by atoms with van der Waals surface area (Å²) in [6, 6.07) is 16.1. The van der Waals surface area contributed by atoms with Crippen LogP contribution in [0.5, 0.6) is 11.5 Å². The zero-order valence-corrected chi connectivity index (χ0v) is 16.5. The number of alkyl halides is 3. The summed E-state index contributed by atoms with van der Waals surface area (Å²) in [5.74, 6) is -1.58. The summed E-state index contributed by atoms with van der Waals surface area (Å²) in [5, 5.41) is 9.85. The molecule has 0 fully saturated rings. The Morgan fingerprint density at radius 1 is 0.903 bits per heavy atom. The number of para-hydroxylation sites is 1. The Morgan fingerprint density at radius 2 is 1.52 bits per heavy atom. The number of aliphatic hydroxyl groups excluding tert-OH is 1. The first-order valence-electron chi connectivity index (χ1n) is 9.44. The molecule has 0 radical (unpaired) electrons. The molecule has 0 aliphatic rings. The molecular weight excluding hydrogens is 417 g/mol. The van der Waals surface area contributed by atoms with Crippen LogP contribution in [0, 0.1) is 11.6 Å². The number of benzene rings is 3. The highest BCUT2D eigenvalue weighted by Gasteiger charge is 2.33. The van der Waals surface area contributed by atoms with Crippen molar-refractivity contribution in [1.29, 1.82) is 0 Å². The third-order valence-electron chi connectivity index (χ3n) is 4.46. The van der Waals surface area contributed by atoms with Crippen molar-refractivity contribution in [3.63, 3.8) is 0 Å². The van der Waals surface area contributed by atoms with Crippen LogP contribution < -0.4 is 9.64 Å². The minimum absolute atomic E-state index is 0.00527. The minimum Gasteiger partial charge on any atom is -0.457 e. The predicted molar refractivity (Wildman–Crippen MR) is 107 cm³/mol. The van der Waals surface area contributed by atoms with Gasteiger partial charge in [-0.2, -0.15) is 13.2 Å². The molecule has 0 aliphatic carbocycles. The summed E-state index contributed by atoms with van der Waals surface area (Å²) in [5.41, 5.74) is -1.44. The molecule has 3 rings (SSSR count).